The Bertz CT molecular complexity index is 648. The molecule has 1 atom stereocenters. The lowest BCUT2D eigenvalue weighted by Gasteiger charge is -2.13. The lowest BCUT2D eigenvalue weighted by atomic mass is 10.0. The maximum atomic E-state index is 11.3. The topological polar surface area (TPSA) is 26.3 Å². The van der Waals surface area contributed by atoms with Gasteiger partial charge in [-0.15, -0.1) is 0 Å². The second kappa shape index (κ2) is 6.58. The molecule has 0 fully saturated rings. The van der Waals surface area contributed by atoms with Crippen LogP contribution in [0.4, 0.5) is 0 Å². The molecule has 0 saturated carbocycles. The van der Waals surface area contributed by atoms with Crippen LogP contribution in [0.1, 0.15) is 29.7 Å². The van der Waals surface area contributed by atoms with Crippen LogP contribution in [0.15, 0.2) is 54.6 Å². The van der Waals surface area contributed by atoms with Gasteiger partial charge in [-0.25, -0.2) is 0 Å². The summed E-state index contributed by atoms with van der Waals surface area (Å²) in [5.74, 6) is 5.75. The molecule has 0 spiro atoms. The summed E-state index contributed by atoms with van der Waals surface area (Å²) < 4.78 is 5.33. The van der Waals surface area contributed by atoms with Crippen LogP contribution in [-0.2, 0) is 9.53 Å². The van der Waals surface area contributed by atoms with E-state index in [-0.39, 0.29) is 5.97 Å². The van der Waals surface area contributed by atoms with E-state index in [1.165, 1.54) is 6.92 Å². The first-order valence-electron chi connectivity index (χ1n) is 6.46. The number of rotatable bonds is 2. The second-order valence-corrected chi connectivity index (χ2v) is 4.48. The Morgan fingerprint density at radius 2 is 1.70 bits per heavy atom. The summed E-state index contributed by atoms with van der Waals surface area (Å²) in [6.45, 7) is 3.38. The quantitative estimate of drug-likeness (QED) is 0.611. The maximum absolute atomic E-state index is 11.3. The van der Waals surface area contributed by atoms with Crippen LogP contribution >= 0.6 is 0 Å². The lowest BCUT2D eigenvalue weighted by molar-refractivity contribution is -0.144. The van der Waals surface area contributed by atoms with Gasteiger partial charge in [0.25, 0.3) is 0 Å². The molecule has 0 saturated heterocycles. The minimum Gasteiger partial charge on any atom is -0.444 e. The second-order valence-electron chi connectivity index (χ2n) is 4.48. The third kappa shape index (κ3) is 3.73. The summed E-state index contributed by atoms with van der Waals surface area (Å²) in [4.78, 5) is 11.3. The van der Waals surface area contributed by atoms with Gasteiger partial charge in [0.1, 0.15) is 0 Å². The van der Waals surface area contributed by atoms with E-state index in [0.29, 0.717) is 0 Å². The molecule has 2 nitrogen and oxygen atoms in total. The van der Waals surface area contributed by atoms with Gasteiger partial charge in [0.15, 0.2) is 6.10 Å². The van der Waals surface area contributed by atoms with E-state index < -0.39 is 6.10 Å². The number of aryl methyl sites for hydroxylation is 1. The molecule has 2 heteroatoms. The fourth-order valence-corrected chi connectivity index (χ4v) is 1.89. The van der Waals surface area contributed by atoms with Crippen LogP contribution in [0.5, 0.6) is 0 Å². The van der Waals surface area contributed by atoms with Gasteiger partial charge in [0.2, 0.25) is 0 Å². The Kier molecular flexibility index (Phi) is 4.57. The minimum atomic E-state index is -0.533. The molecule has 2 rings (SSSR count). The molecule has 0 amide bonds. The molecular formula is C18H16O2. The van der Waals surface area contributed by atoms with E-state index in [0.717, 1.165) is 16.7 Å². The van der Waals surface area contributed by atoms with Gasteiger partial charge in [-0.3, -0.25) is 4.79 Å². The molecule has 0 aliphatic rings. The van der Waals surface area contributed by atoms with Crippen molar-refractivity contribution in [3.63, 3.8) is 0 Å². The van der Waals surface area contributed by atoms with E-state index in [4.69, 9.17) is 4.74 Å². The van der Waals surface area contributed by atoms with Crippen LogP contribution in [0.2, 0.25) is 0 Å². The molecule has 0 aliphatic carbocycles. The Morgan fingerprint density at radius 1 is 1.05 bits per heavy atom. The van der Waals surface area contributed by atoms with Gasteiger partial charge < -0.3 is 4.74 Å². The van der Waals surface area contributed by atoms with Gasteiger partial charge in [0, 0.05) is 18.1 Å². The highest BCUT2D eigenvalue weighted by Gasteiger charge is 2.13. The van der Waals surface area contributed by atoms with Crippen LogP contribution < -0.4 is 0 Å². The summed E-state index contributed by atoms with van der Waals surface area (Å²) in [6, 6.07) is 17.4. The predicted octanol–water partition coefficient (Wildman–Crippen LogP) is 3.65. The van der Waals surface area contributed by atoms with Crippen molar-refractivity contribution in [2.75, 3.05) is 0 Å². The summed E-state index contributed by atoms with van der Waals surface area (Å²) >= 11 is 0. The van der Waals surface area contributed by atoms with E-state index in [1.54, 1.807) is 0 Å². The molecule has 2 aromatic rings. The Morgan fingerprint density at radius 3 is 2.35 bits per heavy atom. The fraction of sp³-hybridized carbons (Fsp3) is 0.167. The van der Waals surface area contributed by atoms with Crippen LogP contribution in [0.25, 0.3) is 0 Å². The zero-order chi connectivity index (χ0) is 14.4. The molecule has 0 heterocycles. The largest absolute Gasteiger partial charge is 0.444 e. The number of esters is 1. The number of ether oxygens (including phenoxy) is 1. The highest BCUT2D eigenvalue weighted by atomic mass is 16.5. The van der Waals surface area contributed by atoms with Crippen molar-refractivity contribution in [2.45, 2.75) is 20.0 Å². The normalized spacial score (nSPS) is 11.1. The minimum absolute atomic E-state index is 0.333. The molecule has 20 heavy (non-hydrogen) atoms. The Hall–Kier alpha value is -2.53. The first kappa shape index (κ1) is 13.9. The fourth-order valence-electron chi connectivity index (χ4n) is 1.89. The van der Waals surface area contributed by atoms with E-state index in [9.17, 15) is 4.79 Å². The lowest BCUT2D eigenvalue weighted by Crippen LogP contribution is -2.08. The third-order valence-electron chi connectivity index (χ3n) is 2.88. The molecule has 2 aromatic carbocycles. The van der Waals surface area contributed by atoms with Crippen molar-refractivity contribution in [1.29, 1.82) is 0 Å². The number of benzene rings is 2. The van der Waals surface area contributed by atoms with E-state index >= 15 is 0 Å². The molecule has 0 unspecified atom stereocenters. The van der Waals surface area contributed by atoms with Crippen LogP contribution in [0.3, 0.4) is 0 Å². The van der Waals surface area contributed by atoms with Crippen molar-refractivity contribution in [3.05, 3.63) is 71.3 Å². The van der Waals surface area contributed by atoms with Crippen molar-refractivity contribution < 1.29 is 9.53 Å². The molecule has 0 aromatic heterocycles. The third-order valence-corrected chi connectivity index (χ3v) is 2.88. The molecule has 0 aliphatic heterocycles. The molecular weight excluding hydrogens is 248 g/mol. The SMILES string of the molecule is CC(=O)O[C@@H](C#Cc1ccccc1)c1ccccc1C. The molecule has 0 bridgehead atoms. The maximum Gasteiger partial charge on any atom is 0.304 e. The first-order chi connectivity index (χ1) is 9.66. The molecule has 0 N–H and O–H groups in total. The smallest absolute Gasteiger partial charge is 0.304 e. The van der Waals surface area contributed by atoms with Crippen LogP contribution in [-0.4, -0.2) is 5.97 Å². The average molecular weight is 264 g/mol. The van der Waals surface area contributed by atoms with E-state index in [1.807, 2.05) is 61.5 Å². The van der Waals surface area contributed by atoms with Crippen molar-refractivity contribution in [3.8, 4) is 11.8 Å². The number of hydrogen-bond donors (Lipinski definition) is 0. The van der Waals surface area contributed by atoms with Crippen molar-refractivity contribution >= 4 is 5.97 Å². The highest BCUT2D eigenvalue weighted by molar-refractivity contribution is 5.67. The summed E-state index contributed by atoms with van der Waals surface area (Å²) in [6.07, 6.45) is -0.533. The van der Waals surface area contributed by atoms with Crippen LogP contribution in [0, 0.1) is 18.8 Å². The van der Waals surface area contributed by atoms with Crippen molar-refractivity contribution in [1.82, 2.24) is 0 Å². The average Bonchev–Trinajstić information content (AvgIpc) is 2.45. The van der Waals surface area contributed by atoms with Gasteiger partial charge in [0.05, 0.1) is 0 Å². The zero-order valence-electron chi connectivity index (χ0n) is 11.6. The molecule has 100 valence electrons. The van der Waals surface area contributed by atoms with Gasteiger partial charge in [-0.05, 0) is 30.5 Å². The summed E-state index contributed by atoms with van der Waals surface area (Å²) in [5, 5.41) is 0. The Labute approximate surface area is 119 Å². The highest BCUT2D eigenvalue weighted by Crippen LogP contribution is 2.20. The predicted molar refractivity (Wildman–Crippen MR) is 79.0 cm³/mol. The number of carbonyl (C=O) groups is 1. The zero-order valence-corrected chi connectivity index (χ0v) is 11.6. The van der Waals surface area contributed by atoms with Gasteiger partial charge >= 0.3 is 5.97 Å². The Balaban J connectivity index is 2.32. The monoisotopic (exact) mass is 264 g/mol. The summed E-state index contributed by atoms with van der Waals surface area (Å²) in [7, 11) is 0. The van der Waals surface area contributed by atoms with E-state index in [2.05, 4.69) is 11.8 Å². The van der Waals surface area contributed by atoms with Gasteiger partial charge in [-0.2, -0.15) is 0 Å². The summed E-state index contributed by atoms with van der Waals surface area (Å²) in [5.41, 5.74) is 2.88. The van der Waals surface area contributed by atoms with Gasteiger partial charge in [-0.1, -0.05) is 48.4 Å². The molecule has 0 radical (unpaired) electrons. The standard InChI is InChI=1S/C18H16O2/c1-14-8-6-7-11-17(14)18(20-15(2)19)13-12-16-9-4-3-5-10-16/h3-11,18H,1-2H3/t18-/m0/s1. The first-order valence-corrected chi connectivity index (χ1v) is 6.46. The number of hydrogen-bond acceptors (Lipinski definition) is 2. The number of carbonyl (C=O) groups excluding carboxylic acids is 1. The van der Waals surface area contributed by atoms with Crippen molar-refractivity contribution in [2.24, 2.45) is 0 Å².